The average molecular weight is 657 g/mol. The number of hydrogen-bond acceptors (Lipinski definition) is 6. The highest BCUT2D eigenvalue weighted by Gasteiger charge is 2.82. The molecule has 3 aromatic rings. The van der Waals surface area contributed by atoms with E-state index >= 15 is 0 Å². The first kappa shape index (κ1) is 38.1. The highest BCUT2D eigenvalue weighted by molar-refractivity contribution is 7.84. The molecule has 9 heteroatoms. The van der Waals surface area contributed by atoms with Crippen molar-refractivity contribution in [3.05, 3.63) is 59.2 Å². The predicted octanol–water partition coefficient (Wildman–Crippen LogP) is 8.26. The minimum absolute atomic E-state index is 0.424. The van der Waals surface area contributed by atoms with E-state index < -0.39 is 43.3 Å². The molecule has 0 radical (unpaired) electrons. The van der Waals surface area contributed by atoms with Crippen molar-refractivity contribution < 1.29 is 17.3 Å². The molecule has 5 rings (SSSR count). The van der Waals surface area contributed by atoms with E-state index in [4.69, 9.17) is 24.0 Å². The summed E-state index contributed by atoms with van der Waals surface area (Å²) >= 11 is 0. The lowest BCUT2D eigenvalue weighted by Gasteiger charge is -2.57. The second kappa shape index (κ2) is 12.6. The normalized spacial score (nSPS) is 28.2. The van der Waals surface area contributed by atoms with Crippen molar-refractivity contribution in [3.63, 3.8) is 0 Å². The first-order valence-electron chi connectivity index (χ1n) is 16.9. The van der Waals surface area contributed by atoms with Gasteiger partial charge in [0.25, 0.3) is 0 Å². The number of ether oxygens (including phenoxy) is 1. The summed E-state index contributed by atoms with van der Waals surface area (Å²) in [7, 11) is -2.56. The second-order valence-corrected chi connectivity index (χ2v) is 15.7. The number of methoxy groups -OCH3 is 1. The summed E-state index contributed by atoms with van der Waals surface area (Å²) in [5.74, 6) is 1.16. The third-order valence-corrected chi connectivity index (χ3v) is 13.3. The van der Waals surface area contributed by atoms with Gasteiger partial charge in [0.1, 0.15) is 11.5 Å². The molecule has 4 atom stereocenters. The Balaban J connectivity index is 0.00000139. The van der Waals surface area contributed by atoms with Gasteiger partial charge in [-0.25, -0.2) is 15.1 Å². The van der Waals surface area contributed by atoms with E-state index in [0.717, 1.165) is 41.8 Å². The zero-order valence-electron chi connectivity index (χ0n) is 31.1. The van der Waals surface area contributed by atoms with Gasteiger partial charge < -0.3 is 9.30 Å². The Morgan fingerprint density at radius 3 is 2.11 bits per heavy atom. The van der Waals surface area contributed by atoms with Crippen LogP contribution in [0.15, 0.2) is 36.5 Å². The van der Waals surface area contributed by atoms with E-state index in [1.165, 1.54) is 11.1 Å². The van der Waals surface area contributed by atoms with Crippen molar-refractivity contribution in [2.45, 2.75) is 139 Å². The van der Waals surface area contributed by atoms with Crippen molar-refractivity contribution in [3.8, 4) is 0 Å². The molecule has 0 saturated heterocycles. The van der Waals surface area contributed by atoms with Crippen LogP contribution in [-0.2, 0) is 37.6 Å². The summed E-state index contributed by atoms with van der Waals surface area (Å²) in [6.07, 6.45) is 5.20. The van der Waals surface area contributed by atoms with E-state index in [-0.39, 0.29) is 0 Å². The van der Waals surface area contributed by atoms with E-state index in [1.807, 2.05) is 34.6 Å². The molecular weight excluding hydrogens is 596 g/mol. The fourth-order valence-corrected chi connectivity index (χ4v) is 10.3. The summed E-state index contributed by atoms with van der Waals surface area (Å²) < 4.78 is 39.2. The first-order chi connectivity index (χ1) is 21.2. The van der Waals surface area contributed by atoms with Crippen LogP contribution in [0.2, 0.25) is 0 Å². The van der Waals surface area contributed by atoms with Gasteiger partial charge in [0.05, 0.1) is 22.4 Å². The average Bonchev–Trinajstić information content (AvgIpc) is 3.62. The molecule has 2 aliphatic carbocycles. The molecule has 2 aromatic heterocycles. The lowest BCUT2D eigenvalue weighted by molar-refractivity contribution is -0.209. The maximum Gasteiger partial charge on any atom is 0.333 e. The molecule has 0 spiro atoms. The van der Waals surface area contributed by atoms with Crippen LogP contribution in [0.4, 0.5) is 0 Å². The summed E-state index contributed by atoms with van der Waals surface area (Å²) in [5, 5.41) is 6.53. The molecule has 46 heavy (non-hydrogen) atoms. The molecule has 2 aliphatic rings. The maximum absolute atomic E-state index is 12.4. The van der Waals surface area contributed by atoms with Gasteiger partial charge in [-0.15, -0.1) is 0 Å². The molecule has 0 amide bonds. The summed E-state index contributed by atoms with van der Waals surface area (Å²) in [6, 6.07) is 10.9. The molecule has 2 N–H and O–H groups in total. The van der Waals surface area contributed by atoms with Crippen LogP contribution in [-0.4, -0.2) is 41.3 Å². The standard InChI is InChI=1S/C33H48N4O4S.2C2H6/c1-21-35-26(20-23-17-16-22-14-12-13-15-24(22)23)25-18-19-37(27(25)36-21)32(9)28(2,3)31(8,30(6,7)41-42(34,38)39)33(10,40-11)29(32,4)5;2*1-2/h12-15,18-19,23H,16-17,20H2,1-11H3,(H2,34,38,39);2*1-2H3/t23?,31-,32+,33-;;/m0../s1. The fraction of sp³-hybridized carbons (Fsp3) is 0.676. The summed E-state index contributed by atoms with van der Waals surface area (Å²) in [5.41, 5.74) is 0.0614. The molecule has 1 fully saturated rings. The molecule has 8 nitrogen and oxygen atoms in total. The Kier molecular flexibility index (Phi) is 10.4. The largest absolute Gasteiger partial charge is 0.377 e. The van der Waals surface area contributed by atoms with E-state index in [0.29, 0.717) is 5.92 Å². The number of nitrogens with zero attached hydrogens (tertiary/aromatic N) is 3. The van der Waals surface area contributed by atoms with Crippen molar-refractivity contribution in [1.29, 1.82) is 0 Å². The first-order valence-corrected chi connectivity index (χ1v) is 18.4. The van der Waals surface area contributed by atoms with Crippen LogP contribution >= 0.6 is 0 Å². The summed E-state index contributed by atoms with van der Waals surface area (Å²) in [6.45, 7) is 28.7. The Labute approximate surface area is 279 Å². The highest BCUT2D eigenvalue weighted by atomic mass is 32.2. The molecule has 1 unspecified atom stereocenters. The Morgan fingerprint density at radius 1 is 0.957 bits per heavy atom. The van der Waals surface area contributed by atoms with Crippen LogP contribution in [0.3, 0.4) is 0 Å². The van der Waals surface area contributed by atoms with Crippen LogP contribution in [0.1, 0.15) is 125 Å². The van der Waals surface area contributed by atoms with Gasteiger partial charge in [-0.3, -0.25) is 4.18 Å². The smallest absolute Gasteiger partial charge is 0.333 e. The van der Waals surface area contributed by atoms with E-state index in [2.05, 4.69) is 89.6 Å². The lowest BCUT2D eigenvalue weighted by atomic mass is 9.53. The number of nitrogens with two attached hydrogens (primary N) is 1. The van der Waals surface area contributed by atoms with Gasteiger partial charge >= 0.3 is 10.3 Å². The molecule has 0 aliphatic heterocycles. The zero-order chi connectivity index (χ0) is 35.3. The van der Waals surface area contributed by atoms with E-state index in [9.17, 15) is 8.42 Å². The van der Waals surface area contributed by atoms with Crippen molar-refractivity contribution >= 4 is 21.3 Å². The lowest BCUT2D eigenvalue weighted by Crippen LogP contribution is -2.64. The van der Waals surface area contributed by atoms with Gasteiger partial charge in [-0.1, -0.05) is 86.6 Å². The molecular formula is C37H60N4O4S. The van der Waals surface area contributed by atoms with Crippen molar-refractivity contribution in [2.24, 2.45) is 21.4 Å². The Hall–Kier alpha value is -2.33. The fourth-order valence-electron chi connectivity index (χ4n) is 9.52. The number of rotatable bonds is 7. The highest BCUT2D eigenvalue weighted by Crippen LogP contribution is 2.77. The SMILES string of the molecule is CC.CC.CO[C@@]1(C)C(C)(C)[C@](C)(n2ccc3c(CC4CCc5ccccc54)nc(C)nc32)C(C)(C)[C@@]1(C)C(C)(C)OS(N)(=O)=O. The third kappa shape index (κ3) is 5.15. The Bertz CT molecular complexity index is 1660. The quantitative estimate of drug-likeness (QED) is 0.274. The van der Waals surface area contributed by atoms with Crippen molar-refractivity contribution in [2.75, 3.05) is 7.11 Å². The minimum atomic E-state index is -4.26. The van der Waals surface area contributed by atoms with Gasteiger partial charge in [0.2, 0.25) is 0 Å². The topological polar surface area (TPSA) is 109 Å². The number of fused-ring (bicyclic) bond motifs is 2. The van der Waals surface area contributed by atoms with Gasteiger partial charge in [0.15, 0.2) is 0 Å². The Morgan fingerprint density at radius 2 is 1.54 bits per heavy atom. The van der Waals surface area contributed by atoms with E-state index in [1.54, 1.807) is 21.0 Å². The maximum atomic E-state index is 12.4. The zero-order valence-corrected chi connectivity index (χ0v) is 31.9. The monoisotopic (exact) mass is 656 g/mol. The van der Waals surface area contributed by atoms with Crippen LogP contribution in [0, 0.1) is 23.2 Å². The van der Waals surface area contributed by atoms with Gasteiger partial charge in [-0.2, -0.15) is 8.42 Å². The van der Waals surface area contributed by atoms with Crippen LogP contribution < -0.4 is 5.14 Å². The van der Waals surface area contributed by atoms with Gasteiger partial charge in [0, 0.05) is 29.5 Å². The molecule has 2 heterocycles. The predicted molar refractivity (Wildman–Crippen MR) is 189 cm³/mol. The number of aromatic nitrogens is 3. The minimum Gasteiger partial charge on any atom is -0.377 e. The molecule has 1 saturated carbocycles. The number of aryl methyl sites for hydroxylation is 2. The molecule has 0 bridgehead atoms. The van der Waals surface area contributed by atoms with Crippen molar-refractivity contribution in [1.82, 2.24) is 14.5 Å². The third-order valence-electron chi connectivity index (χ3n) is 12.7. The molecule has 258 valence electrons. The summed E-state index contributed by atoms with van der Waals surface area (Å²) in [4.78, 5) is 10.0. The van der Waals surface area contributed by atoms with Crippen LogP contribution in [0.5, 0.6) is 0 Å². The number of benzene rings is 1. The van der Waals surface area contributed by atoms with Gasteiger partial charge in [-0.05, 0) is 82.4 Å². The van der Waals surface area contributed by atoms with Crippen LogP contribution in [0.25, 0.3) is 11.0 Å². The number of hydrogen-bond donors (Lipinski definition) is 1. The molecule has 1 aromatic carbocycles. The second-order valence-electron chi connectivity index (χ2n) is 14.6.